The second kappa shape index (κ2) is 8.93. The van der Waals surface area contributed by atoms with Crippen LogP contribution in [0, 0.1) is 12.7 Å². The molecule has 172 valence electrons. The van der Waals surface area contributed by atoms with E-state index < -0.39 is 0 Å². The second-order valence-corrected chi connectivity index (χ2v) is 8.38. The van der Waals surface area contributed by atoms with Crippen molar-refractivity contribution in [1.29, 1.82) is 0 Å². The van der Waals surface area contributed by atoms with Gasteiger partial charge in [0.2, 0.25) is 5.95 Å². The molecule has 1 aliphatic rings. The number of pyridine rings is 1. The van der Waals surface area contributed by atoms with Gasteiger partial charge in [0.15, 0.2) is 5.82 Å². The number of nitrogens with one attached hydrogen (secondary N) is 2. The average molecular weight is 458 g/mol. The van der Waals surface area contributed by atoms with Crippen molar-refractivity contribution in [2.45, 2.75) is 19.4 Å². The zero-order chi connectivity index (χ0) is 23.7. The van der Waals surface area contributed by atoms with Gasteiger partial charge in [-0.25, -0.2) is 19.2 Å². The first-order valence-corrected chi connectivity index (χ1v) is 11.0. The molecule has 2 aromatic heterocycles. The van der Waals surface area contributed by atoms with Gasteiger partial charge in [-0.1, -0.05) is 12.1 Å². The van der Waals surface area contributed by atoms with Gasteiger partial charge in [-0.15, -0.1) is 0 Å². The number of nitrogens with two attached hydrogens (primary N) is 1. The van der Waals surface area contributed by atoms with E-state index in [0.717, 1.165) is 23.2 Å². The molecule has 0 saturated carbocycles. The summed E-state index contributed by atoms with van der Waals surface area (Å²) in [7, 11) is 0. The largest absolute Gasteiger partial charge is 0.368 e. The first-order valence-electron chi connectivity index (χ1n) is 11.0. The summed E-state index contributed by atoms with van der Waals surface area (Å²) in [5.74, 6) is 0.344. The lowest BCUT2D eigenvalue weighted by Crippen LogP contribution is -2.35. The summed E-state index contributed by atoms with van der Waals surface area (Å²) in [5, 5.41) is 6.35. The first kappa shape index (κ1) is 21.6. The molecule has 8 nitrogen and oxygen atoms in total. The minimum absolute atomic E-state index is 0.0166. The number of halogens is 1. The Morgan fingerprint density at radius 1 is 1.09 bits per heavy atom. The monoisotopic (exact) mass is 457 g/mol. The Balaban J connectivity index is 1.34. The number of carbonyl (C=O) groups is 1. The van der Waals surface area contributed by atoms with Crippen LogP contribution in [0.25, 0.3) is 22.3 Å². The molecule has 0 radical (unpaired) electrons. The van der Waals surface area contributed by atoms with E-state index in [1.807, 2.05) is 43.3 Å². The van der Waals surface area contributed by atoms with E-state index in [1.165, 1.54) is 12.1 Å². The molecule has 0 unspecified atom stereocenters. The molecule has 0 spiro atoms. The van der Waals surface area contributed by atoms with Gasteiger partial charge in [0.25, 0.3) is 0 Å². The standard InChI is InChI=1S/C25H24FN7O/c1-15-3-2-4-18(13-15)29-25(34)33-12-11-19(14-33)28-23-22-21(31-24(27)32-23)10-9-20(30-22)16-5-7-17(26)8-6-16/h2-10,13,19H,11-12,14H2,1H3,(H,29,34)(H3,27,28,31,32)/t19-/m0/s1. The molecule has 5 rings (SSSR count). The number of anilines is 3. The van der Waals surface area contributed by atoms with Gasteiger partial charge in [0.05, 0.1) is 11.2 Å². The highest BCUT2D eigenvalue weighted by Gasteiger charge is 2.27. The number of amides is 2. The fraction of sp³-hybridized carbons (Fsp3) is 0.200. The SMILES string of the molecule is Cc1cccc(NC(=O)N2CC[C@H](Nc3nc(N)nc4ccc(-c5ccc(F)cc5)nc34)C2)c1. The normalized spacial score (nSPS) is 15.5. The van der Waals surface area contributed by atoms with E-state index >= 15 is 0 Å². The van der Waals surface area contributed by atoms with Crippen LogP contribution >= 0.6 is 0 Å². The predicted octanol–water partition coefficient (Wildman–Crippen LogP) is 4.44. The highest BCUT2D eigenvalue weighted by Crippen LogP contribution is 2.26. The van der Waals surface area contributed by atoms with Crippen LogP contribution in [0.3, 0.4) is 0 Å². The summed E-state index contributed by atoms with van der Waals surface area (Å²) < 4.78 is 13.3. The Morgan fingerprint density at radius 2 is 1.91 bits per heavy atom. The number of aryl methyl sites for hydroxylation is 1. The molecule has 1 saturated heterocycles. The molecule has 1 atom stereocenters. The zero-order valence-corrected chi connectivity index (χ0v) is 18.6. The highest BCUT2D eigenvalue weighted by molar-refractivity contribution is 5.90. The number of nitrogens with zero attached hydrogens (tertiary/aromatic N) is 4. The number of nitrogen functional groups attached to an aromatic ring is 1. The van der Waals surface area contributed by atoms with E-state index in [-0.39, 0.29) is 23.8 Å². The van der Waals surface area contributed by atoms with Crippen LogP contribution < -0.4 is 16.4 Å². The maximum Gasteiger partial charge on any atom is 0.321 e. The number of benzene rings is 2. The molecule has 2 amide bonds. The summed E-state index contributed by atoms with van der Waals surface area (Å²) in [5.41, 5.74) is 10.4. The third-order valence-electron chi connectivity index (χ3n) is 5.79. The van der Waals surface area contributed by atoms with Crippen molar-refractivity contribution in [1.82, 2.24) is 19.9 Å². The fourth-order valence-electron chi connectivity index (χ4n) is 4.10. The van der Waals surface area contributed by atoms with Crippen LogP contribution in [-0.2, 0) is 0 Å². The Bertz CT molecular complexity index is 1360. The van der Waals surface area contributed by atoms with E-state index in [0.29, 0.717) is 35.6 Å². The van der Waals surface area contributed by atoms with Gasteiger partial charge >= 0.3 is 6.03 Å². The van der Waals surface area contributed by atoms with Crippen LogP contribution in [0.1, 0.15) is 12.0 Å². The van der Waals surface area contributed by atoms with Crippen molar-refractivity contribution < 1.29 is 9.18 Å². The third kappa shape index (κ3) is 4.59. The summed E-state index contributed by atoms with van der Waals surface area (Å²) in [4.78, 5) is 27.9. The second-order valence-electron chi connectivity index (χ2n) is 8.38. The van der Waals surface area contributed by atoms with Gasteiger partial charge in [0, 0.05) is 30.4 Å². The number of carbonyl (C=O) groups excluding carboxylic acids is 1. The van der Waals surface area contributed by atoms with Gasteiger partial charge in [-0.2, -0.15) is 4.98 Å². The van der Waals surface area contributed by atoms with Gasteiger partial charge < -0.3 is 21.3 Å². The first-order chi connectivity index (χ1) is 16.4. The minimum Gasteiger partial charge on any atom is -0.368 e. The number of rotatable bonds is 4. The average Bonchev–Trinajstić information content (AvgIpc) is 3.28. The Hall–Kier alpha value is -4.27. The van der Waals surface area contributed by atoms with Crippen LogP contribution in [0.5, 0.6) is 0 Å². The third-order valence-corrected chi connectivity index (χ3v) is 5.79. The molecule has 4 N–H and O–H groups in total. The molecule has 2 aromatic carbocycles. The number of hydrogen-bond acceptors (Lipinski definition) is 6. The van der Waals surface area contributed by atoms with Crippen LogP contribution in [0.4, 0.5) is 26.6 Å². The lowest BCUT2D eigenvalue weighted by atomic mass is 10.1. The molecular formula is C25H24FN7O. The molecule has 3 heterocycles. The Labute approximate surface area is 196 Å². The van der Waals surface area contributed by atoms with Crippen molar-refractivity contribution in [2.75, 3.05) is 29.5 Å². The number of likely N-dealkylation sites (tertiary alicyclic amines) is 1. The number of fused-ring (bicyclic) bond motifs is 1. The summed E-state index contributed by atoms with van der Waals surface area (Å²) in [6, 6.07) is 17.3. The lowest BCUT2D eigenvalue weighted by Gasteiger charge is -2.19. The van der Waals surface area contributed by atoms with Crippen molar-refractivity contribution in [3.05, 3.63) is 72.0 Å². The maximum atomic E-state index is 13.3. The molecule has 0 aliphatic carbocycles. The van der Waals surface area contributed by atoms with Crippen LogP contribution in [-0.4, -0.2) is 45.0 Å². The maximum absolute atomic E-state index is 13.3. The Kier molecular flexibility index (Phi) is 5.67. The molecule has 34 heavy (non-hydrogen) atoms. The summed E-state index contributed by atoms with van der Waals surface area (Å²) in [6.45, 7) is 3.11. The van der Waals surface area contributed by atoms with E-state index in [2.05, 4.69) is 20.6 Å². The smallest absolute Gasteiger partial charge is 0.321 e. The summed E-state index contributed by atoms with van der Waals surface area (Å²) >= 11 is 0. The predicted molar refractivity (Wildman–Crippen MR) is 131 cm³/mol. The van der Waals surface area contributed by atoms with Crippen molar-refractivity contribution in [3.8, 4) is 11.3 Å². The van der Waals surface area contributed by atoms with Gasteiger partial charge in [-0.05, 0) is 67.4 Å². The molecule has 1 fully saturated rings. The number of aromatic nitrogens is 3. The van der Waals surface area contributed by atoms with Crippen LogP contribution in [0.15, 0.2) is 60.7 Å². The summed E-state index contributed by atoms with van der Waals surface area (Å²) in [6.07, 6.45) is 0.754. The quantitative estimate of drug-likeness (QED) is 0.418. The molecule has 1 aliphatic heterocycles. The van der Waals surface area contributed by atoms with Crippen molar-refractivity contribution in [2.24, 2.45) is 0 Å². The minimum atomic E-state index is -0.305. The zero-order valence-electron chi connectivity index (χ0n) is 18.6. The number of hydrogen-bond donors (Lipinski definition) is 3. The topological polar surface area (TPSA) is 109 Å². The highest BCUT2D eigenvalue weighted by atomic mass is 19.1. The molecule has 4 aromatic rings. The van der Waals surface area contributed by atoms with Crippen molar-refractivity contribution in [3.63, 3.8) is 0 Å². The Morgan fingerprint density at radius 3 is 2.71 bits per heavy atom. The van der Waals surface area contributed by atoms with Gasteiger partial charge in [-0.3, -0.25) is 0 Å². The van der Waals surface area contributed by atoms with E-state index in [1.54, 1.807) is 17.0 Å². The fourth-order valence-corrected chi connectivity index (χ4v) is 4.10. The van der Waals surface area contributed by atoms with E-state index in [4.69, 9.17) is 10.7 Å². The molecule has 9 heteroatoms. The van der Waals surface area contributed by atoms with Crippen LogP contribution in [0.2, 0.25) is 0 Å². The molecular weight excluding hydrogens is 433 g/mol. The number of urea groups is 1. The van der Waals surface area contributed by atoms with E-state index in [9.17, 15) is 9.18 Å². The lowest BCUT2D eigenvalue weighted by molar-refractivity contribution is 0.222. The van der Waals surface area contributed by atoms with Crippen molar-refractivity contribution >= 4 is 34.5 Å². The van der Waals surface area contributed by atoms with Gasteiger partial charge in [0.1, 0.15) is 11.3 Å². The molecule has 0 bridgehead atoms.